The van der Waals surface area contributed by atoms with E-state index in [0.717, 1.165) is 55.3 Å². The van der Waals surface area contributed by atoms with Crippen molar-refractivity contribution in [1.29, 1.82) is 0 Å². The molecule has 0 unspecified atom stereocenters. The van der Waals surface area contributed by atoms with E-state index in [1.54, 1.807) is 12.1 Å². The number of aromatic nitrogens is 3. The van der Waals surface area contributed by atoms with Gasteiger partial charge >= 0.3 is 6.18 Å². The van der Waals surface area contributed by atoms with E-state index in [0.29, 0.717) is 28.0 Å². The molecule has 56 heavy (non-hydrogen) atoms. The molecule has 0 saturated carbocycles. The van der Waals surface area contributed by atoms with Gasteiger partial charge < -0.3 is 9.55 Å². The average Bonchev–Trinajstić information content (AvgIpc) is 3.85. The van der Waals surface area contributed by atoms with Crippen LogP contribution >= 0.6 is 11.3 Å². The van der Waals surface area contributed by atoms with Crippen molar-refractivity contribution in [3.63, 3.8) is 0 Å². The summed E-state index contributed by atoms with van der Waals surface area (Å²) in [6.45, 7) is -2.26. The van der Waals surface area contributed by atoms with Gasteiger partial charge in [0.2, 0.25) is 0 Å². The van der Waals surface area contributed by atoms with E-state index in [-0.39, 0.29) is 31.2 Å². The SMILES string of the molecule is Cc1cc(-c2ccccc2)c(-n2c(-c3[c-]sc4ccc(C(F)(F)F)cc34)nc3ccccc32)c(-c2ccccc2)c1.[2H]C([2H])([2H])c1c[c-]c(-c2ccc(C([2H])([2H])[2H])cn2)cc1.[Ir]. The Morgan fingerprint density at radius 1 is 0.714 bits per heavy atom. The standard InChI is InChI=1S/C35H22F3N2S.C13H12N.Ir/c1-22-18-26(23-10-4-2-5-11-23)33(27(19-22)24-12-6-3-7-13-24)40-31-15-9-8-14-30(31)39-34(40)29-21-41-32-17-16-25(20-28(29)32)35(36,37)38;1-10-3-6-12(7-4-10)13-8-5-11(2)9-14-13;/h2-20H,1H3;3-6,8-9H,1-2H3;/q2*-1;/i;1D3,2D3;. The van der Waals surface area contributed by atoms with Crippen molar-refractivity contribution < 1.29 is 41.5 Å². The summed E-state index contributed by atoms with van der Waals surface area (Å²) in [5, 5.41) is 3.78. The summed E-state index contributed by atoms with van der Waals surface area (Å²) in [4.78, 5) is 9.10. The second-order valence-corrected chi connectivity index (χ2v) is 13.8. The molecule has 0 aliphatic rings. The van der Waals surface area contributed by atoms with Crippen molar-refractivity contribution in [3.05, 3.63) is 185 Å². The predicted molar refractivity (Wildman–Crippen MR) is 219 cm³/mol. The van der Waals surface area contributed by atoms with Gasteiger partial charge in [-0.1, -0.05) is 126 Å². The zero-order valence-corrected chi connectivity index (χ0v) is 32.9. The third-order valence-electron chi connectivity index (χ3n) is 9.12. The summed E-state index contributed by atoms with van der Waals surface area (Å²) >= 11 is 1.30. The Kier molecular flexibility index (Phi) is 9.13. The number of pyridine rings is 1. The monoisotopic (exact) mass is 940 g/mol. The maximum absolute atomic E-state index is 13.8. The smallest absolute Gasteiger partial charge is 0.332 e. The summed E-state index contributed by atoms with van der Waals surface area (Å²) in [6.07, 6.45) is -3.15. The van der Waals surface area contributed by atoms with Crippen LogP contribution in [0, 0.1) is 32.1 Å². The van der Waals surface area contributed by atoms with Crippen LogP contribution < -0.4 is 0 Å². The van der Waals surface area contributed by atoms with Gasteiger partial charge in [-0.25, -0.2) is 0 Å². The Morgan fingerprint density at radius 2 is 1.38 bits per heavy atom. The van der Waals surface area contributed by atoms with Crippen molar-refractivity contribution in [2.24, 2.45) is 0 Å². The van der Waals surface area contributed by atoms with Crippen LogP contribution in [0.3, 0.4) is 0 Å². The largest absolute Gasteiger partial charge is 0.415 e. The van der Waals surface area contributed by atoms with Crippen molar-refractivity contribution in [1.82, 2.24) is 14.5 Å². The zero-order valence-electron chi connectivity index (χ0n) is 35.7. The molecule has 0 bridgehead atoms. The molecule has 0 spiro atoms. The molecule has 8 heteroatoms. The average molecular weight is 940 g/mol. The van der Waals surface area contributed by atoms with Crippen molar-refractivity contribution in [2.45, 2.75) is 26.8 Å². The molecule has 0 fully saturated rings. The number of nitrogens with zero attached hydrogens (tertiary/aromatic N) is 3. The number of halogens is 3. The molecule has 0 aliphatic carbocycles. The topological polar surface area (TPSA) is 30.7 Å². The molecule has 6 aromatic carbocycles. The van der Waals surface area contributed by atoms with E-state index in [9.17, 15) is 13.2 Å². The van der Waals surface area contributed by atoms with Crippen molar-refractivity contribution >= 4 is 32.5 Å². The van der Waals surface area contributed by atoms with Gasteiger partial charge in [0.25, 0.3) is 0 Å². The maximum Gasteiger partial charge on any atom is 0.415 e. The van der Waals surface area contributed by atoms with Crippen LogP contribution in [0.2, 0.25) is 0 Å². The fourth-order valence-electron chi connectivity index (χ4n) is 6.57. The second-order valence-electron chi connectivity index (χ2n) is 12.9. The Morgan fingerprint density at radius 3 is 1.98 bits per heavy atom. The predicted octanol–water partition coefficient (Wildman–Crippen LogP) is 13.5. The zero-order chi connectivity index (χ0) is 43.1. The summed E-state index contributed by atoms with van der Waals surface area (Å²) in [5.74, 6) is 0.551. The summed E-state index contributed by atoms with van der Waals surface area (Å²) in [6, 6.07) is 46.8. The van der Waals surface area contributed by atoms with E-state index in [2.05, 4.69) is 64.3 Å². The van der Waals surface area contributed by atoms with Gasteiger partial charge in [-0.05, 0) is 66.0 Å². The Labute approximate surface area is 350 Å². The van der Waals surface area contributed by atoms with E-state index >= 15 is 0 Å². The summed E-state index contributed by atoms with van der Waals surface area (Å²) in [7, 11) is 0. The molecule has 0 saturated heterocycles. The molecule has 3 aromatic heterocycles. The van der Waals surface area contributed by atoms with Crippen LogP contribution in [0.1, 0.15) is 30.5 Å². The molecule has 0 aliphatic heterocycles. The Balaban J connectivity index is 0.000000233. The number of benzene rings is 6. The van der Waals surface area contributed by atoms with Crippen molar-refractivity contribution in [3.8, 4) is 50.6 Å². The molecule has 1 radical (unpaired) electrons. The minimum Gasteiger partial charge on any atom is -0.332 e. The van der Waals surface area contributed by atoms with Crippen LogP contribution in [-0.4, -0.2) is 14.5 Å². The molecule has 0 amide bonds. The number of hydrogen-bond donors (Lipinski definition) is 0. The number of hydrogen-bond acceptors (Lipinski definition) is 3. The van der Waals surface area contributed by atoms with Crippen LogP contribution in [0.4, 0.5) is 13.2 Å². The molecule has 9 rings (SSSR count). The van der Waals surface area contributed by atoms with Gasteiger partial charge in [-0.3, -0.25) is 16.3 Å². The first-order chi connectivity index (χ1) is 29.1. The number of alkyl halides is 3. The van der Waals surface area contributed by atoms with Crippen LogP contribution in [-0.2, 0) is 26.3 Å². The van der Waals surface area contributed by atoms with Crippen molar-refractivity contribution in [2.75, 3.05) is 0 Å². The number of aryl methyl sites for hydroxylation is 3. The van der Waals surface area contributed by atoms with Gasteiger partial charge in [0.1, 0.15) is 0 Å². The number of thiophene rings is 1. The molecule has 3 nitrogen and oxygen atoms in total. The molecule has 0 N–H and O–H groups in total. The van der Waals surface area contributed by atoms with E-state index in [1.807, 2.05) is 60.7 Å². The number of para-hydroxylation sites is 2. The van der Waals surface area contributed by atoms with E-state index < -0.39 is 25.4 Å². The molecule has 279 valence electrons. The number of rotatable bonds is 5. The first-order valence-electron chi connectivity index (χ1n) is 20.3. The Hall–Kier alpha value is -5.66. The minimum atomic E-state index is -4.45. The molecular formula is C48H34F3IrN3S-2. The number of imidazole rings is 1. The third-order valence-corrected chi connectivity index (χ3v) is 10.0. The molecule has 3 heterocycles. The molecular weight excluding hydrogens is 900 g/mol. The van der Waals surface area contributed by atoms with Gasteiger partial charge in [0, 0.05) is 51.2 Å². The molecule has 9 aromatic rings. The normalized spacial score (nSPS) is 13.3. The fourth-order valence-corrected chi connectivity index (χ4v) is 7.39. The summed E-state index contributed by atoms with van der Waals surface area (Å²) < 4.78 is 87.7. The summed E-state index contributed by atoms with van der Waals surface area (Å²) in [5.41, 5.74) is 9.10. The number of fused-ring (bicyclic) bond motifs is 2. The maximum atomic E-state index is 13.8. The van der Waals surface area contributed by atoms with E-state index in [1.165, 1.54) is 47.9 Å². The minimum absolute atomic E-state index is 0. The van der Waals surface area contributed by atoms with Gasteiger partial charge in [0.15, 0.2) is 0 Å². The quantitative estimate of drug-likeness (QED) is 0.161. The fraction of sp³-hybridized carbons (Fsp3) is 0.0833. The van der Waals surface area contributed by atoms with Crippen LogP contribution in [0.25, 0.3) is 71.7 Å². The first-order valence-corrected chi connectivity index (χ1v) is 18.1. The van der Waals surface area contributed by atoms with Crippen LogP contribution in [0.15, 0.2) is 152 Å². The van der Waals surface area contributed by atoms with Gasteiger partial charge in [0.05, 0.1) is 22.5 Å². The van der Waals surface area contributed by atoms with Gasteiger partial charge in [-0.15, -0.1) is 40.8 Å². The van der Waals surface area contributed by atoms with Gasteiger partial charge in [-0.2, -0.15) is 13.2 Å². The Bertz CT molecular complexity index is 2870. The van der Waals surface area contributed by atoms with Crippen LogP contribution in [0.5, 0.6) is 0 Å². The first kappa shape index (κ1) is 31.5. The second kappa shape index (κ2) is 16.2. The van der Waals surface area contributed by atoms with E-state index in [4.69, 9.17) is 13.2 Å². The third kappa shape index (κ3) is 7.87. The molecule has 0 atom stereocenters.